The van der Waals surface area contributed by atoms with E-state index in [0.29, 0.717) is 5.56 Å². The van der Waals surface area contributed by atoms with Crippen LogP contribution in [0.4, 0.5) is 0 Å². The second kappa shape index (κ2) is 3.92. The lowest BCUT2D eigenvalue weighted by atomic mass is 10.2. The third-order valence-corrected chi connectivity index (χ3v) is 2.41. The van der Waals surface area contributed by atoms with Crippen molar-refractivity contribution in [3.05, 3.63) is 24.0 Å². The predicted octanol–water partition coefficient (Wildman–Crippen LogP) is 1.37. The number of pyridine rings is 1. The van der Waals surface area contributed by atoms with Gasteiger partial charge in [-0.05, 0) is 19.9 Å². The monoisotopic (exact) mass is 218 g/mol. The van der Waals surface area contributed by atoms with Crippen molar-refractivity contribution in [2.45, 2.75) is 19.9 Å². The van der Waals surface area contributed by atoms with Crippen LogP contribution in [-0.2, 0) is 0 Å². The highest BCUT2D eigenvalue weighted by atomic mass is 16.1. The molecule has 2 aromatic heterocycles. The molecule has 0 fully saturated rings. The van der Waals surface area contributed by atoms with Gasteiger partial charge in [-0.2, -0.15) is 5.10 Å². The van der Waals surface area contributed by atoms with Crippen LogP contribution in [-0.4, -0.2) is 27.7 Å². The fourth-order valence-electron chi connectivity index (χ4n) is 1.59. The molecule has 0 bridgehead atoms. The fraction of sp³-hybridized carbons (Fsp3) is 0.364. The van der Waals surface area contributed by atoms with E-state index in [1.807, 2.05) is 18.5 Å². The Morgan fingerprint density at radius 1 is 1.44 bits per heavy atom. The first-order chi connectivity index (χ1) is 7.63. The zero-order chi connectivity index (χ0) is 11.7. The molecule has 0 radical (unpaired) electrons. The standard InChI is InChI=1S/C11H14N4O/c1-7(2)15-10-8(6-14-15)4-9(5-13-10)11(16)12-3/h4-7H,1-3H3,(H,12,16). The largest absolute Gasteiger partial charge is 0.355 e. The van der Waals surface area contributed by atoms with E-state index in [0.717, 1.165) is 11.0 Å². The van der Waals surface area contributed by atoms with Crippen LogP contribution in [0.2, 0.25) is 0 Å². The Labute approximate surface area is 93.5 Å². The third-order valence-electron chi connectivity index (χ3n) is 2.41. The molecule has 0 aliphatic carbocycles. The molecular weight excluding hydrogens is 204 g/mol. The van der Waals surface area contributed by atoms with Gasteiger partial charge in [0.05, 0.1) is 11.8 Å². The SMILES string of the molecule is CNC(=O)c1cnc2c(cnn2C(C)C)c1. The predicted molar refractivity (Wildman–Crippen MR) is 61.3 cm³/mol. The first-order valence-electron chi connectivity index (χ1n) is 5.19. The summed E-state index contributed by atoms with van der Waals surface area (Å²) in [6, 6.07) is 2.06. The maximum Gasteiger partial charge on any atom is 0.252 e. The summed E-state index contributed by atoms with van der Waals surface area (Å²) in [7, 11) is 1.60. The molecule has 0 saturated heterocycles. The maximum atomic E-state index is 11.4. The van der Waals surface area contributed by atoms with Gasteiger partial charge in [-0.15, -0.1) is 0 Å². The summed E-state index contributed by atoms with van der Waals surface area (Å²) in [6.45, 7) is 4.08. The van der Waals surface area contributed by atoms with Gasteiger partial charge in [0, 0.05) is 24.7 Å². The normalized spacial score (nSPS) is 11.0. The molecular formula is C11H14N4O. The van der Waals surface area contributed by atoms with Crippen molar-refractivity contribution >= 4 is 16.9 Å². The Kier molecular flexibility index (Phi) is 2.60. The average molecular weight is 218 g/mol. The summed E-state index contributed by atoms with van der Waals surface area (Å²) >= 11 is 0. The minimum absolute atomic E-state index is 0.133. The number of nitrogens with zero attached hydrogens (tertiary/aromatic N) is 3. The van der Waals surface area contributed by atoms with E-state index in [1.54, 1.807) is 25.5 Å². The van der Waals surface area contributed by atoms with E-state index < -0.39 is 0 Å². The van der Waals surface area contributed by atoms with Crippen molar-refractivity contribution in [1.29, 1.82) is 0 Å². The summed E-state index contributed by atoms with van der Waals surface area (Å²) in [4.78, 5) is 15.7. The number of carbonyl (C=O) groups excluding carboxylic acids is 1. The van der Waals surface area contributed by atoms with Crippen molar-refractivity contribution in [3.63, 3.8) is 0 Å². The number of aromatic nitrogens is 3. The zero-order valence-corrected chi connectivity index (χ0v) is 9.56. The lowest BCUT2D eigenvalue weighted by Gasteiger charge is -2.06. The first-order valence-corrected chi connectivity index (χ1v) is 5.19. The molecule has 0 unspecified atom stereocenters. The van der Waals surface area contributed by atoms with E-state index in [-0.39, 0.29) is 11.9 Å². The van der Waals surface area contributed by atoms with E-state index in [2.05, 4.69) is 15.4 Å². The van der Waals surface area contributed by atoms with Crippen molar-refractivity contribution < 1.29 is 4.79 Å². The number of amides is 1. The van der Waals surface area contributed by atoms with Crippen LogP contribution < -0.4 is 5.32 Å². The third kappa shape index (κ3) is 1.64. The molecule has 16 heavy (non-hydrogen) atoms. The molecule has 2 aromatic rings. The Morgan fingerprint density at radius 3 is 2.81 bits per heavy atom. The number of fused-ring (bicyclic) bond motifs is 1. The summed E-state index contributed by atoms with van der Waals surface area (Å²) < 4.78 is 1.84. The minimum atomic E-state index is -0.133. The van der Waals surface area contributed by atoms with Gasteiger partial charge >= 0.3 is 0 Å². The van der Waals surface area contributed by atoms with Crippen LogP contribution in [0.15, 0.2) is 18.5 Å². The molecule has 0 spiro atoms. The van der Waals surface area contributed by atoms with Gasteiger partial charge in [0.2, 0.25) is 0 Å². The molecule has 0 aliphatic rings. The van der Waals surface area contributed by atoms with Crippen molar-refractivity contribution in [1.82, 2.24) is 20.1 Å². The number of nitrogens with one attached hydrogen (secondary N) is 1. The topological polar surface area (TPSA) is 59.8 Å². The van der Waals surface area contributed by atoms with E-state index >= 15 is 0 Å². The van der Waals surface area contributed by atoms with Gasteiger partial charge < -0.3 is 5.32 Å². The summed E-state index contributed by atoms with van der Waals surface area (Å²) in [6.07, 6.45) is 3.30. The lowest BCUT2D eigenvalue weighted by Crippen LogP contribution is -2.17. The number of rotatable bonds is 2. The Hall–Kier alpha value is -1.91. The maximum absolute atomic E-state index is 11.4. The van der Waals surface area contributed by atoms with Crippen LogP contribution in [0.1, 0.15) is 30.2 Å². The smallest absolute Gasteiger partial charge is 0.252 e. The van der Waals surface area contributed by atoms with Gasteiger partial charge in [0.15, 0.2) is 5.65 Å². The van der Waals surface area contributed by atoms with Gasteiger partial charge in [0.1, 0.15) is 0 Å². The molecule has 1 N–H and O–H groups in total. The van der Waals surface area contributed by atoms with Crippen molar-refractivity contribution in [3.8, 4) is 0 Å². The second-order valence-corrected chi connectivity index (χ2v) is 3.90. The Morgan fingerprint density at radius 2 is 2.19 bits per heavy atom. The first kappa shape index (κ1) is 10.6. The zero-order valence-electron chi connectivity index (χ0n) is 9.56. The molecule has 84 valence electrons. The summed E-state index contributed by atoms with van der Waals surface area (Å²) in [5.41, 5.74) is 1.36. The minimum Gasteiger partial charge on any atom is -0.355 e. The van der Waals surface area contributed by atoms with Crippen LogP contribution in [0.5, 0.6) is 0 Å². The number of hydrogen-bond donors (Lipinski definition) is 1. The fourth-order valence-corrected chi connectivity index (χ4v) is 1.59. The summed E-state index contributed by atoms with van der Waals surface area (Å²) in [5.74, 6) is -0.133. The molecule has 5 nitrogen and oxygen atoms in total. The average Bonchev–Trinajstić information content (AvgIpc) is 2.70. The molecule has 2 heterocycles. The van der Waals surface area contributed by atoms with Gasteiger partial charge in [-0.1, -0.05) is 0 Å². The molecule has 1 amide bonds. The van der Waals surface area contributed by atoms with Crippen LogP contribution in [0.3, 0.4) is 0 Å². The summed E-state index contributed by atoms with van der Waals surface area (Å²) in [5, 5.41) is 7.70. The van der Waals surface area contributed by atoms with Crippen molar-refractivity contribution in [2.75, 3.05) is 7.05 Å². The Bertz CT molecular complexity index is 530. The number of hydrogen-bond acceptors (Lipinski definition) is 3. The highest BCUT2D eigenvalue weighted by Crippen LogP contribution is 2.16. The van der Waals surface area contributed by atoms with E-state index in [9.17, 15) is 4.79 Å². The highest BCUT2D eigenvalue weighted by molar-refractivity contribution is 5.96. The molecule has 0 saturated carbocycles. The van der Waals surface area contributed by atoms with Gasteiger partial charge in [-0.3, -0.25) is 4.79 Å². The van der Waals surface area contributed by atoms with E-state index in [1.165, 1.54) is 0 Å². The lowest BCUT2D eigenvalue weighted by molar-refractivity contribution is 0.0963. The second-order valence-electron chi connectivity index (χ2n) is 3.90. The molecule has 0 atom stereocenters. The van der Waals surface area contributed by atoms with Crippen LogP contribution in [0.25, 0.3) is 11.0 Å². The van der Waals surface area contributed by atoms with Crippen LogP contribution >= 0.6 is 0 Å². The number of carbonyl (C=O) groups is 1. The highest BCUT2D eigenvalue weighted by Gasteiger charge is 2.10. The van der Waals surface area contributed by atoms with Gasteiger partial charge in [-0.25, -0.2) is 9.67 Å². The van der Waals surface area contributed by atoms with Crippen molar-refractivity contribution in [2.24, 2.45) is 0 Å². The van der Waals surface area contributed by atoms with Gasteiger partial charge in [0.25, 0.3) is 5.91 Å². The Balaban J connectivity index is 2.53. The molecule has 2 rings (SSSR count). The quantitative estimate of drug-likeness (QED) is 0.828. The van der Waals surface area contributed by atoms with Crippen LogP contribution in [0, 0.1) is 0 Å². The van der Waals surface area contributed by atoms with E-state index in [4.69, 9.17) is 0 Å². The molecule has 0 aliphatic heterocycles. The molecule has 0 aromatic carbocycles. The molecule has 5 heteroatoms.